The molecule has 1 amide bonds. The van der Waals surface area contributed by atoms with Gasteiger partial charge in [0.15, 0.2) is 11.5 Å². The second kappa shape index (κ2) is 9.97. The molecule has 208 valence electrons. The van der Waals surface area contributed by atoms with Crippen molar-refractivity contribution in [3.8, 4) is 22.6 Å². The van der Waals surface area contributed by atoms with Gasteiger partial charge in [0, 0.05) is 28.2 Å². The first-order valence-corrected chi connectivity index (χ1v) is 14.8. The van der Waals surface area contributed by atoms with Crippen molar-refractivity contribution in [3.05, 3.63) is 71.8 Å². The molecule has 1 aliphatic carbocycles. The van der Waals surface area contributed by atoms with Gasteiger partial charge in [-0.1, -0.05) is 24.3 Å². The van der Waals surface area contributed by atoms with Gasteiger partial charge in [0.1, 0.15) is 0 Å². The molecule has 1 saturated carbocycles. The van der Waals surface area contributed by atoms with E-state index in [1.807, 2.05) is 55.5 Å². The van der Waals surface area contributed by atoms with Crippen molar-refractivity contribution in [1.82, 2.24) is 4.31 Å². The summed E-state index contributed by atoms with van der Waals surface area (Å²) >= 11 is 0. The fraction of sp³-hybridized carbons (Fsp3) is 0.367. The third-order valence-corrected chi connectivity index (χ3v) is 10.0. The quantitative estimate of drug-likeness (QED) is 0.430. The number of fused-ring (bicyclic) bond motifs is 1. The number of benzene rings is 3. The summed E-state index contributed by atoms with van der Waals surface area (Å²) in [5.74, 6) is 1.29. The van der Waals surface area contributed by atoms with Crippen molar-refractivity contribution in [2.75, 3.05) is 31.8 Å². The summed E-state index contributed by atoms with van der Waals surface area (Å²) in [5.41, 5.74) is 3.84. The molecule has 1 unspecified atom stereocenters. The zero-order chi connectivity index (χ0) is 27.2. The Morgan fingerprint density at radius 3 is 2.59 bits per heavy atom. The maximum absolute atomic E-state index is 13.4. The van der Waals surface area contributed by atoms with E-state index >= 15 is 0 Å². The van der Waals surface area contributed by atoms with Crippen molar-refractivity contribution in [2.45, 2.75) is 42.9 Å². The second-order valence-corrected chi connectivity index (χ2v) is 12.7. The van der Waals surface area contributed by atoms with Crippen LogP contribution in [0, 0.1) is 12.8 Å². The second-order valence-electron chi connectivity index (χ2n) is 10.7. The minimum atomic E-state index is -3.63. The highest BCUT2D eigenvalue weighted by Crippen LogP contribution is 2.51. The van der Waals surface area contributed by atoms with Crippen LogP contribution in [-0.4, -0.2) is 50.2 Å². The molecule has 2 N–H and O–H groups in total. The van der Waals surface area contributed by atoms with Crippen molar-refractivity contribution in [2.24, 2.45) is 5.92 Å². The van der Waals surface area contributed by atoms with Crippen LogP contribution in [0.4, 0.5) is 5.69 Å². The molecule has 3 aliphatic rings. The lowest BCUT2D eigenvalue weighted by atomic mass is 9.94. The van der Waals surface area contributed by atoms with E-state index in [0.717, 1.165) is 47.9 Å². The van der Waals surface area contributed by atoms with Crippen LogP contribution in [0.2, 0.25) is 0 Å². The van der Waals surface area contributed by atoms with Gasteiger partial charge in [-0.3, -0.25) is 4.79 Å². The number of aliphatic hydroxyl groups is 1. The van der Waals surface area contributed by atoms with Crippen LogP contribution in [0.1, 0.15) is 39.7 Å². The maximum Gasteiger partial charge on any atom is 0.243 e. The fourth-order valence-electron chi connectivity index (χ4n) is 5.58. The molecule has 6 rings (SSSR count). The highest BCUT2D eigenvalue weighted by atomic mass is 32.2. The summed E-state index contributed by atoms with van der Waals surface area (Å²) in [6, 6.07) is 18.4. The maximum atomic E-state index is 13.4. The van der Waals surface area contributed by atoms with Gasteiger partial charge in [-0.05, 0) is 97.2 Å². The van der Waals surface area contributed by atoms with E-state index in [1.165, 1.54) is 4.31 Å². The Bertz CT molecular complexity index is 1530. The minimum absolute atomic E-state index is 0. The molecule has 0 spiro atoms. The fourth-order valence-corrected chi connectivity index (χ4v) is 7.13. The van der Waals surface area contributed by atoms with Crippen LogP contribution in [-0.2, 0) is 20.2 Å². The predicted molar refractivity (Wildman–Crippen MR) is 152 cm³/mol. The number of nitrogens with one attached hydrogen (secondary N) is 1. The van der Waals surface area contributed by atoms with E-state index in [0.29, 0.717) is 30.3 Å². The molecule has 0 aromatic heterocycles. The first-order valence-electron chi connectivity index (χ1n) is 13.3. The molecule has 8 nitrogen and oxygen atoms in total. The van der Waals surface area contributed by atoms with Gasteiger partial charge in [-0.2, -0.15) is 4.31 Å². The first-order chi connectivity index (χ1) is 18.8. The van der Waals surface area contributed by atoms with Crippen molar-refractivity contribution in [1.29, 1.82) is 0 Å². The highest BCUT2D eigenvalue weighted by molar-refractivity contribution is 7.89. The van der Waals surface area contributed by atoms with E-state index in [2.05, 4.69) is 5.32 Å². The Morgan fingerprint density at radius 2 is 1.85 bits per heavy atom. The summed E-state index contributed by atoms with van der Waals surface area (Å²) in [5, 5.41) is 12.6. The molecule has 2 heterocycles. The van der Waals surface area contributed by atoms with Crippen LogP contribution in [0.5, 0.6) is 11.5 Å². The van der Waals surface area contributed by atoms with Crippen molar-refractivity contribution in [3.63, 3.8) is 0 Å². The summed E-state index contributed by atoms with van der Waals surface area (Å²) < 4.78 is 38.8. The van der Waals surface area contributed by atoms with Gasteiger partial charge < -0.3 is 19.9 Å². The lowest BCUT2D eigenvalue weighted by molar-refractivity contribution is -0.118. The molecule has 2 aliphatic heterocycles. The number of anilines is 1. The number of aryl methyl sites for hydroxylation is 1. The van der Waals surface area contributed by atoms with E-state index in [9.17, 15) is 18.3 Å². The molecule has 0 bridgehead atoms. The van der Waals surface area contributed by atoms with Gasteiger partial charge >= 0.3 is 0 Å². The normalized spacial score (nSPS) is 20.0. The smallest absolute Gasteiger partial charge is 0.243 e. The molecular formula is C30H36N2O6S. The highest BCUT2D eigenvalue weighted by Gasteiger charge is 2.51. The molecule has 1 saturated heterocycles. The largest absolute Gasteiger partial charge is 0.454 e. The lowest BCUT2D eigenvalue weighted by Gasteiger charge is -2.31. The van der Waals surface area contributed by atoms with E-state index in [4.69, 9.17) is 9.47 Å². The summed E-state index contributed by atoms with van der Waals surface area (Å²) in [6.45, 7) is 2.99. The van der Waals surface area contributed by atoms with Gasteiger partial charge in [-0.25, -0.2) is 8.42 Å². The number of carbonyl (C=O) groups is 1. The topological polar surface area (TPSA) is 105 Å². The van der Waals surface area contributed by atoms with Crippen molar-refractivity contribution >= 4 is 21.6 Å². The molecule has 3 aromatic carbocycles. The Labute approximate surface area is 231 Å². The van der Waals surface area contributed by atoms with Crippen LogP contribution in [0.3, 0.4) is 0 Å². The average Bonchev–Trinajstić information content (AvgIpc) is 3.64. The predicted octanol–water partition coefficient (Wildman–Crippen LogP) is 4.95. The molecule has 2 fully saturated rings. The Balaban J connectivity index is 0.00000194. The number of amides is 1. The number of hydrogen-bond acceptors (Lipinski definition) is 6. The van der Waals surface area contributed by atoms with Crippen molar-refractivity contribution < 1.29 is 30.6 Å². The summed E-state index contributed by atoms with van der Waals surface area (Å²) in [6.07, 6.45) is 3.12. The zero-order valence-corrected chi connectivity index (χ0v) is 22.7. The standard InChI is InChI=1S/C30H32N2O6S.2H2/c1-20-4-8-24(31-29(34)30(12-13-30)23-7-11-27-28(15-23)38-19-37-27)16-26(20)22-5-9-25(10-6-22)39(35,36)32-14-2-3-21(17-32)18-33;;/h4-11,15-16,21,33H,2-3,12-14,17-19H2,1H3,(H,31,34);2*1H. The Hall–Kier alpha value is -3.40. The average molecular weight is 553 g/mol. The third kappa shape index (κ3) is 4.79. The third-order valence-electron chi connectivity index (χ3n) is 8.15. The summed E-state index contributed by atoms with van der Waals surface area (Å²) in [7, 11) is -3.63. The van der Waals surface area contributed by atoms with Crippen LogP contribution >= 0.6 is 0 Å². The van der Waals surface area contributed by atoms with Gasteiger partial charge in [0.25, 0.3) is 0 Å². The number of aliphatic hydroxyl groups excluding tert-OH is 1. The van der Waals surface area contributed by atoms with E-state index < -0.39 is 15.4 Å². The molecule has 39 heavy (non-hydrogen) atoms. The van der Waals surface area contributed by atoms with Gasteiger partial charge in [-0.15, -0.1) is 0 Å². The van der Waals surface area contributed by atoms with Crippen LogP contribution in [0.25, 0.3) is 11.1 Å². The Morgan fingerprint density at radius 1 is 1.08 bits per heavy atom. The van der Waals surface area contributed by atoms with Gasteiger partial charge in [0.2, 0.25) is 22.7 Å². The Kier molecular flexibility index (Phi) is 6.61. The van der Waals surface area contributed by atoms with Gasteiger partial charge in [0.05, 0.1) is 10.3 Å². The monoisotopic (exact) mass is 552 g/mol. The minimum Gasteiger partial charge on any atom is -0.454 e. The first kappa shape index (κ1) is 25.9. The number of rotatable bonds is 7. The number of ether oxygens (including phenoxy) is 2. The van der Waals surface area contributed by atoms with E-state index in [-0.39, 0.29) is 33.0 Å². The molecular weight excluding hydrogens is 516 g/mol. The zero-order valence-electron chi connectivity index (χ0n) is 21.9. The lowest BCUT2D eigenvalue weighted by Crippen LogP contribution is -2.40. The number of sulfonamides is 1. The summed E-state index contributed by atoms with van der Waals surface area (Å²) in [4.78, 5) is 13.7. The van der Waals surface area contributed by atoms with Crippen LogP contribution < -0.4 is 14.8 Å². The molecule has 1 atom stereocenters. The van der Waals surface area contributed by atoms with E-state index in [1.54, 1.807) is 12.1 Å². The number of hydrogen-bond donors (Lipinski definition) is 2. The number of carbonyl (C=O) groups excluding carboxylic acids is 1. The molecule has 3 aromatic rings. The number of piperidine rings is 1. The molecule has 9 heteroatoms. The SMILES string of the molecule is Cc1ccc(NC(=O)C2(c3ccc4c(c3)OCO4)CC2)cc1-c1ccc(S(=O)(=O)N2CCCC(CO)C2)cc1.[HH].[HH]. The molecule has 0 radical (unpaired) electrons. The number of nitrogens with zero attached hydrogens (tertiary/aromatic N) is 1. The van der Waals surface area contributed by atoms with Crippen LogP contribution in [0.15, 0.2) is 65.6 Å².